The van der Waals surface area contributed by atoms with Crippen LogP contribution in [0.15, 0.2) is 40.2 Å². The summed E-state index contributed by atoms with van der Waals surface area (Å²) in [6.45, 7) is 1.73. The Hall–Kier alpha value is -3.36. The van der Waals surface area contributed by atoms with Gasteiger partial charge >= 0.3 is 11.9 Å². The van der Waals surface area contributed by atoms with E-state index in [2.05, 4.69) is 10.5 Å². The Kier molecular flexibility index (Phi) is 4.73. The molecule has 2 aromatic rings. The SMILES string of the molecule is Cc1c(NN=C2C(=O)OC3(CCCCC3)OC2=O)c(=O)n(-c2ccccc2)n1C. The minimum atomic E-state index is -1.17. The maximum absolute atomic E-state index is 12.9. The van der Waals surface area contributed by atoms with E-state index >= 15 is 0 Å². The molecule has 1 N–H and O–H groups in total. The summed E-state index contributed by atoms with van der Waals surface area (Å²) in [6.07, 6.45) is 3.65. The molecule has 0 unspecified atom stereocenters. The molecule has 0 radical (unpaired) electrons. The number of benzene rings is 1. The van der Waals surface area contributed by atoms with E-state index in [9.17, 15) is 14.4 Å². The number of hydrogen-bond donors (Lipinski definition) is 1. The van der Waals surface area contributed by atoms with E-state index in [-0.39, 0.29) is 11.2 Å². The monoisotopic (exact) mass is 398 g/mol. The molecule has 1 aliphatic carbocycles. The molecule has 2 aliphatic rings. The van der Waals surface area contributed by atoms with Gasteiger partial charge in [0.1, 0.15) is 5.69 Å². The van der Waals surface area contributed by atoms with Crippen LogP contribution in [0.3, 0.4) is 0 Å². The first-order chi connectivity index (χ1) is 13.9. The molecule has 1 spiro atoms. The van der Waals surface area contributed by atoms with Gasteiger partial charge in [0.25, 0.3) is 17.1 Å². The maximum Gasteiger partial charge on any atom is 0.369 e. The van der Waals surface area contributed by atoms with Crippen LogP contribution in [0.5, 0.6) is 0 Å². The van der Waals surface area contributed by atoms with Crippen LogP contribution in [0.25, 0.3) is 5.69 Å². The summed E-state index contributed by atoms with van der Waals surface area (Å²) < 4.78 is 13.9. The van der Waals surface area contributed by atoms with Gasteiger partial charge in [-0.05, 0) is 31.9 Å². The predicted octanol–water partition coefficient (Wildman–Crippen LogP) is 2.01. The summed E-state index contributed by atoms with van der Waals surface area (Å²) in [5, 5.41) is 3.85. The summed E-state index contributed by atoms with van der Waals surface area (Å²) in [5.74, 6) is -2.85. The highest BCUT2D eigenvalue weighted by atomic mass is 16.7. The number of para-hydroxylation sites is 1. The van der Waals surface area contributed by atoms with Crippen LogP contribution in [0.2, 0.25) is 0 Å². The first kappa shape index (κ1) is 19.0. The van der Waals surface area contributed by atoms with E-state index in [1.807, 2.05) is 18.2 Å². The highest BCUT2D eigenvalue weighted by molar-refractivity contribution is 6.63. The fraction of sp³-hybridized carbons (Fsp3) is 0.400. The molecule has 0 atom stereocenters. The number of carbonyl (C=O) groups is 2. The Balaban J connectivity index is 1.61. The van der Waals surface area contributed by atoms with Gasteiger partial charge in [-0.1, -0.05) is 24.6 Å². The zero-order valence-corrected chi connectivity index (χ0v) is 16.3. The smallest absolute Gasteiger partial charge is 0.369 e. The average molecular weight is 398 g/mol. The molecule has 152 valence electrons. The molecule has 1 saturated carbocycles. The minimum Gasteiger partial charge on any atom is -0.417 e. The van der Waals surface area contributed by atoms with Gasteiger partial charge in [0.05, 0.1) is 11.4 Å². The van der Waals surface area contributed by atoms with Gasteiger partial charge in [-0.15, -0.1) is 0 Å². The van der Waals surface area contributed by atoms with E-state index in [1.54, 1.807) is 30.8 Å². The number of hydrazone groups is 1. The van der Waals surface area contributed by atoms with E-state index in [1.165, 1.54) is 4.68 Å². The highest BCUT2D eigenvalue weighted by Gasteiger charge is 2.47. The highest BCUT2D eigenvalue weighted by Crippen LogP contribution is 2.35. The van der Waals surface area contributed by atoms with Gasteiger partial charge in [-0.25, -0.2) is 14.3 Å². The molecule has 2 heterocycles. The Morgan fingerprint density at radius 1 is 1.00 bits per heavy atom. The van der Waals surface area contributed by atoms with Crippen LogP contribution in [0.4, 0.5) is 5.69 Å². The second kappa shape index (κ2) is 7.23. The molecular weight excluding hydrogens is 376 g/mol. The molecular formula is C20H22N4O5. The van der Waals surface area contributed by atoms with Crippen molar-refractivity contribution >= 4 is 23.3 Å². The summed E-state index contributed by atoms with van der Waals surface area (Å²) in [4.78, 5) is 37.6. The van der Waals surface area contributed by atoms with Crippen molar-refractivity contribution in [3.8, 4) is 5.69 Å². The standard InChI is InChI=1S/C20H22N4O5/c1-13-15(17(25)24(23(13)2)14-9-5-3-6-10-14)21-22-16-18(26)28-20(29-19(16)27)11-7-4-8-12-20/h3,5-6,9-10,21H,4,7-8,11-12H2,1-2H3. The number of anilines is 1. The molecule has 1 saturated heterocycles. The Labute approximate surface area is 166 Å². The van der Waals surface area contributed by atoms with Gasteiger partial charge in [0.2, 0.25) is 0 Å². The van der Waals surface area contributed by atoms with E-state index in [4.69, 9.17) is 9.47 Å². The van der Waals surface area contributed by atoms with Crippen LogP contribution in [0, 0.1) is 6.92 Å². The third-order valence-electron chi connectivity index (χ3n) is 5.39. The third kappa shape index (κ3) is 3.32. The zero-order valence-electron chi connectivity index (χ0n) is 16.3. The number of nitrogens with zero attached hydrogens (tertiary/aromatic N) is 3. The molecule has 9 nitrogen and oxygen atoms in total. The van der Waals surface area contributed by atoms with Crippen LogP contribution < -0.4 is 11.0 Å². The van der Waals surface area contributed by atoms with Crippen molar-refractivity contribution in [2.24, 2.45) is 12.1 Å². The minimum absolute atomic E-state index is 0.155. The van der Waals surface area contributed by atoms with Crippen molar-refractivity contribution in [2.75, 3.05) is 5.43 Å². The number of hydrogen-bond acceptors (Lipinski definition) is 7. The number of rotatable bonds is 3. The van der Waals surface area contributed by atoms with Crippen molar-refractivity contribution in [3.05, 3.63) is 46.4 Å². The molecule has 2 fully saturated rings. The lowest BCUT2D eigenvalue weighted by atomic mass is 9.93. The van der Waals surface area contributed by atoms with Crippen molar-refractivity contribution in [1.29, 1.82) is 0 Å². The second-order valence-corrected chi connectivity index (χ2v) is 7.26. The average Bonchev–Trinajstić information content (AvgIpc) is 2.91. The predicted molar refractivity (Wildman–Crippen MR) is 105 cm³/mol. The molecule has 9 heteroatoms. The molecule has 0 amide bonds. The summed E-state index contributed by atoms with van der Waals surface area (Å²) in [7, 11) is 1.73. The van der Waals surface area contributed by atoms with Gasteiger partial charge < -0.3 is 9.47 Å². The Bertz CT molecular complexity index is 1020. The van der Waals surface area contributed by atoms with Crippen LogP contribution >= 0.6 is 0 Å². The summed E-state index contributed by atoms with van der Waals surface area (Å²) in [5.41, 5.74) is 3.12. The van der Waals surface area contributed by atoms with E-state index in [0.29, 0.717) is 24.2 Å². The summed E-state index contributed by atoms with van der Waals surface area (Å²) in [6, 6.07) is 9.11. The van der Waals surface area contributed by atoms with E-state index in [0.717, 1.165) is 19.3 Å². The molecule has 29 heavy (non-hydrogen) atoms. The van der Waals surface area contributed by atoms with Crippen LogP contribution in [0.1, 0.15) is 37.8 Å². The number of aromatic nitrogens is 2. The first-order valence-corrected chi connectivity index (χ1v) is 9.56. The van der Waals surface area contributed by atoms with Crippen molar-refractivity contribution in [1.82, 2.24) is 9.36 Å². The van der Waals surface area contributed by atoms with Crippen LogP contribution in [-0.4, -0.2) is 32.8 Å². The lowest BCUT2D eigenvalue weighted by Gasteiger charge is -2.38. The fourth-order valence-electron chi connectivity index (χ4n) is 3.73. The summed E-state index contributed by atoms with van der Waals surface area (Å²) >= 11 is 0. The number of esters is 2. The third-order valence-corrected chi connectivity index (χ3v) is 5.39. The fourth-order valence-corrected chi connectivity index (χ4v) is 3.73. The topological polar surface area (TPSA) is 104 Å². The largest absolute Gasteiger partial charge is 0.417 e. The van der Waals surface area contributed by atoms with Gasteiger partial charge in [-0.2, -0.15) is 5.10 Å². The quantitative estimate of drug-likeness (QED) is 0.627. The molecule has 0 bridgehead atoms. The molecule has 1 aromatic heterocycles. The van der Waals surface area contributed by atoms with Gasteiger partial charge in [-0.3, -0.25) is 14.9 Å². The Morgan fingerprint density at radius 3 is 2.24 bits per heavy atom. The number of nitrogens with one attached hydrogen (secondary N) is 1. The lowest BCUT2D eigenvalue weighted by molar-refractivity contribution is -0.237. The molecule has 1 aromatic carbocycles. The Morgan fingerprint density at radius 2 is 1.62 bits per heavy atom. The van der Waals surface area contributed by atoms with Gasteiger partial charge in [0.15, 0.2) is 0 Å². The maximum atomic E-state index is 12.9. The van der Waals surface area contributed by atoms with E-state index < -0.39 is 23.4 Å². The van der Waals surface area contributed by atoms with Crippen LogP contribution in [-0.2, 0) is 26.1 Å². The first-order valence-electron chi connectivity index (χ1n) is 9.56. The molecule has 1 aliphatic heterocycles. The van der Waals surface area contributed by atoms with Crippen molar-refractivity contribution < 1.29 is 19.1 Å². The number of ether oxygens (including phenoxy) is 2. The zero-order chi connectivity index (χ0) is 20.6. The number of carbonyl (C=O) groups excluding carboxylic acids is 2. The molecule has 4 rings (SSSR count). The van der Waals surface area contributed by atoms with Crippen molar-refractivity contribution in [2.45, 2.75) is 44.8 Å². The normalized spacial score (nSPS) is 18.3. The second-order valence-electron chi connectivity index (χ2n) is 7.26. The van der Waals surface area contributed by atoms with Gasteiger partial charge in [0, 0.05) is 19.9 Å². The van der Waals surface area contributed by atoms with Crippen molar-refractivity contribution in [3.63, 3.8) is 0 Å². The lowest BCUT2D eigenvalue weighted by Crippen LogP contribution is -2.51.